The van der Waals surface area contributed by atoms with Gasteiger partial charge in [-0.3, -0.25) is 0 Å². The molecule has 0 aliphatic rings. The lowest BCUT2D eigenvalue weighted by atomic mass is 10.4. The summed E-state index contributed by atoms with van der Waals surface area (Å²) in [6.45, 7) is 0. The smallest absolute Gasteiger partial charge is 0.199 e. The lowest BCUT2D eigenvalue weighted by Crippen LogP contribution is -2.25. The van der Waals surface area contributed by atoms with Crippen LogP contribution < -0.4 is 8.45 Å². The van der Waals surface area contributed by atoms with Crippen LogP contribution in [0.25, 0.3) is 0 Å². The van der Waals surface area contributed by atoms with E-state index in [0.29, 0.717) is 31.0 Å². The molecule has 0 radical (unpaired) electrons. The summed E-state index contributed by atoms with van der Waals surface area (Å²) in [6, 6.07) is 16.1. The molecular weight excluding hydrogens is 491 g/mol. The first kappa shape index (κ1) is 20.6. The summed E-state index contributed by atoms with van der Waals surface area (Å²) < 4.78 is 20.9. The molecule has 0 bridgehead atoms. The van der Waals surface area contributed by atoms with Crippen LogP contribution in [0.5, 0.6) is 5.75 Å². The van der Waals surface area contributed by atoms with Crippen molar-refractivity contribution in [2.45, 2.75) is 9.79 Å². The standard InChI is InChI=1S/C18H13BrCl2N2O2S2/c1-25-15-10-12(11-22-18(15)19)23(26-16-8-4-2-6-13(16)20)27(24)17-9-5-3-7-14(17)21/h2-11H,1H3. The Hall–Kier alpha value is -1.09. The molecule has 1 unspecified atom stereocenters. The molecule has 0 saturated heterocycles. The van der Waals surface area contributed by atoms with Crippen molar-refractivity contribution in [3.63, 3.8) is 0 Å². The van der Waals surface area contributed by atoms with Crippen LogP contribution in [-0.4, -0.2) is 16.6 Å². The van der Waals surface area contributed by atoms with Gasteiger partial charge >= 0.3 is 0 Å². The van der Waals surface area contributed by atoms with E-state index in [-0.39, 0.29) is 0 Å². The zero-order valence-electron chi connectivity index (χ0n) is 13.9. The first-order valence-electron chi connectivity index (χ1n) is 7.60. The van der Waals surface area contributed by atoms with E-state index in [0.717, 1.165) is 4.90 Å². The van der Waals surface area contributed by atoms with Crippen molar-refractivity contribution in [3.8, 4) is 5.75 Å². The minimum absolute atomic E-state index is 0.414. The third-order valence-corrected chi connectivity index (χ3v) is 7.70. The van der Waals surface area contributed by atoms with E-state index >= 15 is 0 Å². The van der Waals surface area contributed by atoms with E-state index in [2.05, 4.69) is 20.9 Å². The van der Waals surface area contributed by atoms with E-state index in [1.807, 2.05) is 18.2 Å². The summed E-state index contributed by atoms with van der Waals surface area (Å²) in [6.07, 6.45) is 1.60. The van der Waals surface area contributed by atoms with Crippen LogP contribution >= 0.6 is 51.1 Å². The zero-order chi connectivity index (χ0) is 19.4. The number of anilines is 1. The molecule has 0 saturated carbocycles. The Kier molecular flexibility index (Phi) is 7.19. The van der Waals surface area contributed by atoms with E-state index in [9.17, 15) is 4.55 Å². The highest BCUT2D eigenvalue weighted by atomic mass is 79.9. The molecule has 9 heteroatoms. The Morgan fingerprint density at radius 3 is 2.44 bits per heavy atom. The van der Waals surface area contributed by atoms with Crippen molar-refractivity contribution in [1.29, 1.82) is 0 Å². The fraction of sp³-hybridized carbons (Fsp3) is 0.0556. The third-order valence-electron chi connectivity index (χ3n) is 3.42. The van der Waals surface area contributed by atoms with Gasteiger partial charge in [-0.1, -0.05) is 47.5 Å². The number of rotatable bonds is 6. The van der Waals surface area contributed by atoms with E-state index in [1.165, 1.54) is 11.9 Å². The van der Waals surface area contributed by atoms with Crippen LogP contribution in [-0.2, 0) is 11.4 Å². The molecule has 3 rings (SSSR count). The van der Waals surface area contributed by atoms with Gasteiger partial charge in [-0.15, -0.1) is 3.71 Å². The van der Waals surface area contributed by atoms with Gasteiger partial charge in [0.05, 0.1) is 28.2 Å². The number of hydrogen-bond donors (Lipinski definition) is 0. The summed E-state index contributed by atoms with van der Waals surface area (Å²) in [5.74, 6) is 0.522. The molecule has 0 fully saturated rings. The Morgan fingerprint density at radius 2 is 1.78 bits per heavy atom. The maximum absolute atomic E-state index is 13.4. The summed E-state index contributed by atoms with van der Waals surface area (Å²) in [5, 5.41) is 0.971. The van der Waals surface area contributed by atoms with Crippen LogP contribution in [0.3, 0.4) is 0 Å². The highest BCUT2D eigenvalue weighted by Gasteiger charge is 2.29. The number of nitrogens with zero attached hydrogens (tertiary/aromatic N) is 2. The highest BCUT2D eigenvalue weighted by molar-refractivity contribution is 9.10. The number of aromatic nitrogens is 1. The Bertz CT molecular complexity index is 949. The molecule has 0 N–H and O–H groups in total. The van der Waals surface area contributed by atoms with Gasteiger partial charge in [0.2, 0.25) is 0 Å². The lowest BCUT2D eigenvalue weighted by Gasteiger charge is -2.25. The second-order valence-electron chi connectivity index (χ2n) is 5.14. The molecule has 4 nitrogen and oxygen atoms in total. The van der Waals surface area contributed by atoms with Crippen LogP contribution in [0, 0.1) is 0 Å². The number of ether oxygens (including phenoxy) is 1. The van der Waals surface area contributed by atoms with Gasteiger partial charge in [0, 0.05) is 18.0 Å². The van der Waals surface area contributed by atoms with Crippen LogP contribution in [0.4, 0.5) is 5.69 Å². The van der Waals surface area contributed by atoms with Gasteiger partial charge in [0.15, 0.2) is 10.6 Å². The van der Waals surface area contributed by atoms with Gasteiger partial charge in [-0.25, -0.2) is 4.98 Å². The molecule has 2 aromatic carbocycles. The summed E-state index contributed by atoms with van der Waals surface area (Å²) in [5.41, 5.74) is 0.582. The SMILES string of the molecule is COc1cc(N(Sc2ccccc2Cl)[S+]([O-])c2ccccc2Cl)cnc1Br. The van der Waals surface area contributed by atoms with Gasteiger partial charge < -0.3 is 9.29 Å². The average Bonchev–Trinajstić information content (AvgIpc) is 2.68. The van der Waals surface area contributed by atoms with Crippen molar-refractivity contribution in [2.75, 3.05) is 10.8 Å². The summed E-state index contributed by atoms with van der Waals surface area (Å²) in [4.78, 5) is 5.51. The van der Waals surface area contributed by atoms with E-state index in [1.54, 1.807) is 53.4 Å². The number of pyridine rings is 1. The first-order chi connectivity index (χ1) is 13.0. The van der Waals surface area contributed by atoms with E-state index in [4.69, 9.17) is 27.9 Å². The van der Waals surface area contributed by atoms with Crippen molar-refractivity contribution in [1.82, 2.24) is 4.98 Å². The molecule has 0 spiro atoms. The highest BCUT2D eigenvalue weighted by Crippen LogP contribution is 2.40. The van der Waals surface area contributed by atoms with Crippen LogP contribution in [0.15, 0.2) is 75.2 Å². The quantitative estimate of drug-likeness (QED) is 0.221. The molecule has 27 heavy (non-hydrogen) atoms. The molecule has 0 amide bonds. The maximum Gasteiger partial charge on any atom is 0.199 e. The van der Waals surface area contributed by atoms with Gasteiger partial charge in [-0.05, 0) is 40.2 Å². The third kappa shape index (κ3) is 4.85. The second-order valence-corrected chi connectivity index (χ2v) is 9.23. The van der Waals surface area contributed by atoms with Gasteiger partial charge in [-0.2, -0.15) is 0 Å². The number of methoxy groups -OCH3 is 1. The number of hydrogen-bond acceptors (Lipinski definition) is 5. The molecule has 1 aromatic heterocycles. The molecular formula is C18H13BrCl2N2O2S2. The Labute approximate surface area is 183 Å². The van der Waals surface area contributed by atoms with Crippen molar-refractivity contribution in [2.24, 2.45) is 0 Å². The zero-order valence-corrected chi connectivity index (χ0v) is 18.7. The molecule has 3 aromatic rings. The summed E-state index contributed by atoms with van der Waals surface area (Å²) >= 11 is 15.5. The second kappa shape index (κ2) is 9.41. The predicted octanol–water partition coefficient (Wildman–Crippen LogP) is 6.40. The fourth-order valence-corrected chi connectivity index (χ4v) is 5.41. The maximum atomic E-state index is 13.4. The predicted molar refractivity (Wildman–Crippen MR) is 116 cm³/mol. The first-order valence-corrected chi connectivity index (χ1v) is 11.0. The topological polar surface area (TPSA) is 48.4 Å². The number of halogens is 3. The Balaban J connectivity index is 2.06. The molecule has 140 valence electrons. The van der Waals surface area contributed by atoms with Crippen molar-refractivity contribution >= 4 is 68.1 Å². The molecule has 1 heterocycles. The minimum atomic E-state index is -1.61. The normalized spacial score (nSPS) is 11.9. The summed E-state index contributed by atoms with van der Waals surface area (Å²) in [7, 11) is 1.54. The average molecular weight is 504 g/mol. The monoisotopic (exact) mass is 502 g/mol. The lowest BCUT2D eigenvalue weighted by molar-refractivity contribution is 0.410. The molecule has 1 atom stereocenters. The van der Waals surface area contributed by atoms with Gasteiger partial charge in [0.25, 0.3) is 0 Å². The van der Waals surface area contributed by atoms with E-state index < -0.39 is 11.4 Å². The number of benzene rings is 2. The molecule has 0 aliphatic heterocycles. The Morgan fingerprint density at radius 1 is 1.11 bits per heavy atom. The van der Waals surface area contributed by atoms with Crippen molar-refractivity contribution < 1.29 is 9.29 Å². The molecule has 0 aliphatic carbocycles. The van der Waals surface area contributed by atoms with Crippen LogP contribution in [0.1, 0.15) is 0 Å². The largest absolute Gasteiger partial charge is 0.587 e. The van der Waals surface area contributed by atoms with Crippen molar-refractivity contribution in [3.05, 3.63) is 75.4 Å². The van der Waals surface area contributed by atoms with Crippen LogP contribution in [0.2, 0.25) is 10.0 Å². The minimum Gasteiger partial charge on any atom is -0.587 e. The van der Waals surface area contributed by atoms with Gasteiger partial charge in [0.1, 0.15) is 21.7 Å². The fourth-order valence-electron chi connectivity index (χ4n) is 2.13.